The molecule has 1 aliphatic heterocycles. The Hall–Kier alpha value is -3.19. The molecule has 1 aliphatic rings. The highest BCUT2D eigenvalue weighted by Gasteiger charge is 2.39. The molecule has 7 nitrogen and oxygen atoms in total. The molecule has 0 bridgehead atoms. The summed E-state index contributed by atoms with van der Waals surface area (Å²) < 4.78 is 5.13. The first-order valence-electron chi connectivity index (χ1n) is 7.72. The molecule has 1 atom stereocenters. The molecule has 1 fully saturated rings. The quantitative estimate of drug-likeness (QED) is 0.632. The zero-order chi connectivity index (χ0) is 17.8. The Morgan fingerprint density at radius 2 is 1.76 bits per heavy atom. The molecule has 0 spiro atoms. The van der Waals surface area contributed by atoms with E-state index in [1.165, 1.54) is 7.11 Å². The highest BCUT2D eigenvalue weighted by atomic mass is 16.5. The fourth-order valence-corrected chi connectivity index (χ4v) is 2.65. The summed E-state index contributed by atoms with van der Waals surface area (Å²) in [5, 5.41) is 0. The van der Waals surface area contributed by atoms with Crippen molar-refractivity contribution in [1.82, 2.24) is 10.9 Å². The van der Waals surface area contributed by atoms with Gasteiger partial charge in [0.1, 0.15) is 11.8 Å². The molecule has 0 aliphatic carbocycles. The van der Waals surface area contributed by atoms with Gasteiger partial charge in [-0.25, -0.2) is 10.3 Å². The molecular formula is C18H17N3O4. The Balaban J connectivity index is 1.67. The molecule has 128 valence electrons. The number of anilines is 1. The summed E-state index contributed by atoms with van der Waals surface area (Å²) in [4.78, 5) is 38.0. The fraction of sp³-hybridized carbons (Fsp3) is 0.167. The molecule has 2 aromatic rings. The van der Waals surface area contributed by atoms with E-state index in [9.17, 15) is 14.4 Å². The lowest BCUT2D eigenvalue weighted by Crippen LogP contribution is -2.48. The molecule has 1 heterocycles. The Labute approximate surface area is 144 Å². The molecule has 7 heteroatoms. The molecule has 0 saturated carbocycles. The number of amides is 3. The van der Waals surface area contributed by atoms with Gasteiger partial charge in [-0.2, -0.15) is 0 Å². The zero-order valence-electron chi connectivity index (χ0n) is 13.6. The average Bonchev–Trinajstić information content (AvgIpc) is 2.93. The van der Waals surface area contributed by atoms with E-state index < -0.39 is 17.9 Å². The van der Waals surface area contributed by atoms with Crippen molar-refractivity contribution in [2.24, 2.45) is 0 Å². The van der Waals surface area contributed by atoms with Crippen molar-refractivity contribution in [3.8, 4) is 5.75 Å². The van der Waals surface area contributed by atoms with Crippen LogP contribution in [0.1, 0.15) is 16.8 Å². The van der Waals surface area contributed by atoms with Crippen LogP contribution < -0.4 is 20.5 Å². The van der Waals surface area contributed by atoms with Gasteiger partial charge in [0.25, 0.3) is 11.8 Å². The SMILES string of the molecule is COc1ccccc1C(=O)NN[C@@H]1CC(=O)N(c2ccccc2)C1=O. The molecule has 2 N–H and O–H groups in total. The molecule has 0 unspecified atom stereocenters. The van der Waals surface area contributed by atoms with Gasteiger partial charge in [-0.05, 0) is 24.3 Å². The predicted molar refractivity (Wildman–Crippen MR) is 90.9 cm³/mol. The van der Waals surface area contributed by atoms with E-state index in [0.717, 1.165) is 4.90 Å². The van der Waals surface area contributed by atoms with Crippen LogP contribution >= 0.6 is 0 Å². The van der Waals surface area contributed by atoms with Crippen LogP contribution in [0.5, 0.6) is 5.75 Å². The van der Waals surface area contributed by atoms with Gasteiger partial charge in [-0.3, -0.25) is 19.8 Å². The number of carbonyl (C=O) groups is 3. The van der Waals surface area contributed by atoms with Gasteiger partial charge >= 0.3 is 0 Å². The Morgan fingerprint density at radius 1 is 1.08 bits per heavy atom. The van der Waals surface area contributed by atoms with Crippen LogP contribution in [-0.2, 0) is 9.59 Å². The maximum atomic E-state index is 12.5. The number of rotatable bonds is 5. The lowest BCUT2D eigenvalue weighted by atomic mass is 10.2. The minimum Gasteiger partial charge on any atom is -0.496 e. The maximum Gasteiger partial charge on any atom is 0.269 e. The largest absolute Gasteiger partial charge is 0.496 e. The first-order valence-corrected chi connectivity index (χ1v) is 7.72. The lowest BCUT2D eigenvalue weighted by molar-refractivity contribution is -0.121. The van der Waals surface area contributed by atoms with E-state index >= 15 is 0 Å². The second kappa shape index (κ2) is 7.14. The molecular weight excluding hydrogens is 322 g/mol. The van der Waals surface area contributed by atoms with Gasteiger partial charge in [-0.15, -0.1) is 0 Å². The van der Waals surface area contributed by atoms with Crippen molar-refractivity contribution in [3.63, 3.8) is 0 Å². The summed E-state index contributed by atoms with van der Waals surface area (Å²) in [7, 11) is 1.47. The number of hydrogen-bond donors (Lipinski definition) is 2. The van der Waals surface area contributed by atoms with Gasteiger partial charge < -0.3 is 4.74 Å². The second-order valence-electron chi connectivity index (χ2n) is 5.46. The molecule has 1 saturated heterocycles. The van der Waals surface area contributed by atoms with Crippen LogP contribution in [0.4, 0.5) is 5.69 Å². The standard InChI is InChI=1S/C18H17N3O4/c1-25-15-10-6-5-9-13(15)17(23)20-19-14-11-16(22)21(18(14)24)12-7-3-2-4-8-12/h2-10,14,19H,11H2,1H3,(H,20,23)/t14-/m1/s1. The minimum absolute atomic E-state index is 0.0278. The first kappa shape index (κ1) is 16.7. The summed E-state index contributed by atoms with van der Waals surface area (Å²) in [6.07, 6.45) is -0.0278. The number of methoxy groups -OCH3 is 1. The minimum atomic E-state index is -0.814. The van der Waals surface area contributed by atoms with Crippen LogP contribution in [0.3, 0.4) is 0 Å². The molecule has 3 amide bonds. The third kappa shape index (κ3) is 3.36. The number of hydrogen-bond acceptors (Lipinski definition) is 5. The van der Waals surface area contributed by atoms with Crippen molar-refractivity contribution >= 4 is 23.4 Å². The number of ether oxygens (including phenoxy) is 1. The van der Waals surface area contributed by atoms with Gasteiger partial charge in [-0.1, -0.05) is 30.3 Å². The first-order chi connectivity index (χ1) is 12.1. The van der Waals surface area contributed by atoms with Crippen LogP contribution in [0.25, 0.3) is 0 Å². The number of benzene rings is 2. The number of para-hydroxylation sites is 2. The molecule has 0 radical (unpaired) electrons. The highest BCUT2D eigenvalue weighted by Crippen LogP contribution is 2.22. The molecule has 0 aromatic heterocycles. The van der Waals surface area contributed by atoms with Crippen molar-refractivity contribution in [1.29, 1.82) is 0 Å². The summed E-state index contributed by atoms with van der Waals surface area (Å²) >= 11 is 0. The number of nitrogens with zero attached hydrogens (tertiary/aromatic N) is 1. The second-order valence-corrected chi connectivity index (χ2v) is 5.46. The third-order valence-corrected chi connectivity index (χ3v) is 3.87. The smallest absolute Gasteiger partial charge is 0.269 e. The van der Waals surface area contributed by atoms with Crippen molar-refractivity contribution in [2.45, 2.75) is 12.5 Å². The predicted octanol–water partition coefficient (Wildman–Crippen LogP) is 1.26. The number of hydrazine groups is 1. The maximum absolute atomic E-state index is 12.5. The van der Waals surface area contributed by atoms with Crippen molar-refractivity contribution < 1.29 is 19.1 Å². The summed E-state index contributed by atoms with van der Waals surface area (Å²) in [6.45, 7) is 0. The lowest BCUT2D eigenvalue weighted by Gasteiger charge is -2.16. The Kier molecular flexibility index (Phi) is 4.76. The fourth-order valence-electron chi connectivity index (χ4n) is 2.65. The summed E-state index contributed by atoms with van der Waals surface area (Å²) in [6, 6.07) is 14.6. The Morgan fingerprint density at radius 3 is 2.48 bits per heavy atom. The molecule has 2 aromatic carbocycles. The van der Waals surface area contributed by atoms with Crippen LogP contribution in [0.2, 0.25) is 0 Å². The number of nitrogens with one attached hydrogen (secondary N) is 2. The van der Waals surface area contributed by atoms with Gasteiger partial charge in [0.15, 0.2) is 0 Å². The normalized spacial score (nSPS) is 16.8. The van der Waals surface area contributed by atoms with Crippen LogP contribution in [0, 0.1) is 0 Å². The van der Waals surface area contributed by atoms with E-state index in [1.807, 2.05) is 0 Å². The van der Waals surface area contributed by atoms with Crippen molar-refractivity contribution in [2.75, 3.05) is 12.0 Å². The highest BCUT2D eigenvalue weighted by molar-refractivity contribution is 6.22. The topological polar surface area (TPSA) is 87.7 Å². The van der Waals surface area contributed by atoms with Crippen LogP contribution in [0.15, 0.2) is 54.6 Å². The van der Waals surface area contributed by atoms with Gasteiger partial charge in [0.05, 0.1) is 24.8 Å². The zero-order valence-corrected chi connectivity index (χ0v) is 13.6. The van der Waals surface area contributed by atoms with E-state index in [1.54, 1.807) is 54.6 Å². The molecule has 3 rings (SSSR count). The van der Waals surface area contributed by atoms with E-state index in [2.05, 4.69) is 10.9 Å². The average molecular weight is 339 g/mol. The van der Waals surface area contributed by atoms with E-state index in [0.29, 0.717) is 17.0 Å². The van der Waals surface area contributed by atoms with Crippen LogP contribution in [-0.4, -0.2) is 30.9 Å². The van der Waals surface area contributed by atoms with E-state index in [4.69, 9.17) is 4.74 Å². The number of carbonyl (C=O) groups excluding carboxylic acids is 3. The summed E-state index contributed by atoms with van der Waals surface area (Å²) in [5.41, 5.74) is 5.95. The summed E-state index contributed by atoms with van der Waals surface area (Å²) in [5.74, 6) is -0.755. The van der Waals surface area contributed by atoms with Gasteiger partial charge in [0, 0.05) is 0 Å². The van der Waals surface area contributed by atoms with Crippen molar-refractivity contribution in [3.05, 3.63) is 60.2 Å². The third-order valence-electron chi connectivity index (χ3n) is 3.87. The van der Waals surface area contributed by atoms with E-state index in [-0.39, 0.29) is 12.3 Å². The number of imide groups is 1. The molecule has 25 heavy (non-hydrogen) atoms. The Bertz CT molecular complexity index is 807. The van der Waals surface area contributed by atoms with Gasteiger partial charge in [0.2, 0.25) is 5.91 Å². The monoisotopic (exact) mass is 339 g/mol.